The fourth-order valence-corrected chi connectivity index (χ4v) is 12.6. The molecule has 0 radical (unpaired) electrons. The fourth-order valence-electron chi connectivity index (χ4n) is 12.6. The van der Waals surface area contributed by atoms with Crippen LogP contribution < -0.4 is 10.6 Å². The van der Waals surface area contributed by atoms with Gasteiger partial charge in [-0.2, -0.15) is 0 Å². The summed E-state index contributed by atoms with van der Waals surface area (Å²) in [6, 6.07) is 9.30. The van der Waals surface area contributed by atoms with E-state index in [1.54, 1.807) is 0 Å². The van der Waals surface area contributed by atoms with Crippen LogP contribution in [0.4, 0.5) is 0 Å². The maximum atomic E-state index is 4.55. The van der Waals surface area contributed by atoms with Gasteiger partial charge in [-0.1, -0.05) is 76.8 Å². The highest BCUT2D eigenvalue weighted by molar-refractivity contribution is 5.76. The first kappa shape index (κ1) is 30.4. The van der Waals surface area contributed by atoms with Gasteiger partial charge in [-0.05, 0) is 160 Å². The lowest BCUT2D eigenvalue weighted by Gasteiger charge is -2.69. The van der Waals surface area contributed by atoms with Crippen molar-refractivity contribution in [3.8, 4) is 0 Å². The van der Waals surface area contributed by atoms with Crippen LogP contribution in [0.5, 0.6) is 0 Å². The summed E-state index contributed by atoms with van der Waals surface area (Å²) in [5.74, 6) is 4.64. The summed E-state index contributed by atoms with van der Waals surface area (Å²) in [6.07, 6.45) is 15.9. The van der Waals surface area contributed by atoms with Crippen molar-refractivity contribution in [3.05, 3.63) is 60.2 Å². The predicted molar refractivity (Wildman–Crippen MR) is 181 cm³/mol. The highest BCUT2D eigenvalue weighted by Gasteiger charge is 2.66. The second-order valence-electron chi connectivity index (χ2n) is 16.1. The van der Waals surface area contributed by atoms with Crippen molar-refractivity contribution in [2.24, 2.45) is 46.3 Å². The SMILES string of the molecule is C=C(CC)c1ccc(C2=CCC3(C)C(CCC4(C)C5CCC6(NCC)CCC(C(=C)C)C6C5CCC43)C2(C)NC)cc1. The van der Waals surface area contributed by atoms with Crippen molar-refractivity contribution in [2.45, 2.75) is 117 Å². The summed E-state index contributed by atoms with van der Waals surface area (Å²) in [5, 5.41) is 8.03. The van der Waals surface area contributed by atoms with Gasteiger partial charge in [0.1, 0.15) is 0 Å². The van der Waals surface area contributed by atoms with Crippen LogP contribution in [-0.4, -0.2) is 24.7 Å². The molecule has 10 atom stereocenters. The summed E-state index contributed by atoms with van der Waals surface area (Å²) in [4.78, 5) is 0. The summed E-state index contributed by atoms with van der Waals surface area (Å²) >= 11 is 0. The number of hydrogen-bond acceptors (Lipinski definition) is 2. The Balaban J connectivity index is 1.33. The van der Waals surface area contributed by atoms with Crippen molar-refractivity contribution in [3.63, 3.8) is 0 Å². The molecule has 0 saturated heterocycles. The molecule has 2 N–H and O–H groups in total. The van der Waals surface area contributed by atoms with E-state index < -0.39 is 0 Å². The average molecular weight is 569 g/mol. The zero-order chi connectivity index (χ0) is 30.1. The zero-order valence-corrected chi connectivity index (χ0v) is 28.0. The molecule has 1 aromatic rings. The van der Waals surface area contributed by atoms with Crippen LogP contribution in [0.1, 0.15) is 117 Å². The van der Waals surface area contributed by atoms with Gasteiger partial charge in [0.25, 0.3) is 0 Å². The van der Waals surface area contributed by atoms with Crippen LogP contribution in [0, 0.1) is 46.3 Å². The van der Waals surface area contributed by atoms with E-state index in [2.05, 4.69) is 103 Å². The van der Waals surface area contributed by atoms with Crippen molar-refractivity contribution in [1.29, 1.82) is 0 Å². The molecule has 42 heavy (non-hydrogen) atoms. The Kier molecular flexibility index (Phi) is 7.79. The number of nitrogens with one attached hydrogen (secondary N) is 2. The molecule has 5 aliphatic rings. The van der Waals surface area contributed by atoms with Crippen LogP contribution >= 0.6 is 0 Å². The van der Waals surface area contributed by atoms with Crippen LogP contribution in [0.3, 0.4) is 0 Å². The maximum Gasteiger partial charge on any atom is 0.0440 e. The number of hydrogen-bond donors (Lipinski definition) is 2. The van der Waals surface area contributed by atoms with Crippen LogP contribution in [-0.2, 0) is 0 Å². The van der Waals surface area contributed by atoms with E-state index >= 15 is 0 Å². The molecule has 230 valence electrons. The Bertz CT molecular complexity index is 1240. The Hall–Kier alpha value is -1.64. The molecule has 0 amide bonds. The normalized spacial score (nSPS) is 44.3. The monoisotopic (exact) mass is 568 g/mol. The number of fused-ring (bicyclic) bond motifs is 7. The number of benzene rings is 1. The molecule has 2 nitrogen and oxygen atoms in total. The Morgan fingerprint density at radius 3 is 2.24 bits per heavy atom. The summed E-state index contributed by atoms with van der Waals surface area (Å²) in [7, 11) is 2.22. The van der Waals surface area contributed by atoms with Crippen LogP contribution in [0.2, 0.25) is 0 Å². The minimum absolute atomic E-state index is 0.0161. The first-order valence-corrected chi connectivity index (χ1v) is 17.6. The smallest absolute Gasteiger partial charge is 0.0440 e. The third kappa shape index (κ3) is 4.24. The summed E-state index contributed by atoms with van der Waals surface area (Å²) < 4.78 is 0. The largest absolute Gasteiger partial charge is 0.311 e. The van der Waals surface area contributed by atoms with E-state index in [1.807, 2.05) is 0 Å². The molecule has 6 rings (SSSR count). The number of likely N-dealkylation sites (N-methyl/N-ethyl adjacent to an activating group) is 1. The van der Waals surface area contributed by atoms with Gasteiger partial charge in [-0.3, -0.25) is 0 Å². The molecule has 0 aliphatic heterocycles. The minimum atomic E-state index is -0.0161. The molecule has 0 aromatic heterocycles. The van der Waals surface area contributed by atoms with Gasteiger partial charge < -0.3 is 10.6 Å². The Morgan fingerprint density at radius 2 is 1.60 bits per heavy atom. The van der Waals surface area contributed by atoms with Gasteiger partial charge in [-0.15, -0.1) is 0 Å². The van der Waals surface area contributed by atoms with Crippen molar-refractivity contribution >= 4 is 11.1 Å². The van der Waals surface area contributed by atoms with E-state index in [9.17, 15) is 0 Å². The van der Waals surface area contributed by atoms with Gasteiger partial charge in [-0.25, -0.2) is 0 Å². The molecule has 0 bridgehead atoms. The van der Waals surface area contributed by atoms with Crippen molar-refractivity contribution in [2.75, 3.05) is 13.6 Å². The predicted octanol–water partition coefficient (Wildman–Crippen LogP) is 9.68. The van der Waals surface area contributed by atoms with Gasteiger partial charge >= 0.3 is 0 Å². The molecule has 0 spiro atoms. The highest BCUT2D eigenvalue weighted by atomic mass is 15.0. The molecular formula is C40H60N2. The average Bonchev–Trinajstić information content (AvgIpc) is 3.37. The fraction of sp³-hybridized carbons (Fsp3) is 0.700. The molecule has 0 heterocycles. The maximum absolute atomic E-state index is 4.55. The zero-order valence-electron chi connectivity index (χ0n) is 28.0. The standard InChI is InChI=1S/C40H60N2/c1-10-27(5)28-12-14-29(15-13-28)32-19-22-38(7)34-17-16-31-33(37(34,6)23-21-35(38)39(32,8)41-9)20-25-40(42-11-2)24-18-30(26(3)4)36(31)40/h12-15,19,30-31,33-36,41-42H,3,5,10-11,16-18,20-25H2,1-2,4,6-9H3. The lowest BCUT2D eigenvalue weighted by molar-refractivity contribution is -0.170. The van der Waals surface area contributed by atoms with Gasteiger partial charge in [0.05, 0.1) is 0 Å². The summed E-state index contributed by atoms with van der Waals surface area (Å²) in [6.45, 7) is 24.8. The molecule has 2 heteroatoms. The third-order valence-corrected chi connectivity index (χ3v) is 14.6. The third-order valence-electron chi connectivity index (χ3n) is 14.6. The van der Waals surface area contributed by atoms with Crippen molar-refractivity contribution in [1.82, 2.24) is 10.6 Å². The van der Waals surface area contributed by atoms with Crippen LogP contribution in [0.15, 0.2) is 49.1 Å². The molecule has 1 aromatic carbocycles. The van der Waals surface area contributed by atoms with Crippen LogP contribution in [0.25, 0.3) is 11.1 Å². The second-order valence-corrected chi connectivity index (χ2v) is 16.1. The highest BCUT2D eigenvalue weighted by Crippen LogP contribution is 2.72. The molecule has 5 aliphatic carbocycles. The van der Waals surface area contributed by atoms with E-state index in [0.717, 1.165) is 36.6 Å². The number of rotatable bonds is 7. The lowest BCUT2D eigenvalue weighted by atomic mass is 9.37. The van der Waals surface area contributed by atoms with Gasteiger partial charge in [0.2, 0.25) is 0 Å². The van der Waals surface area contributed by atoms with Gasteiger partial charge in [0, 0.05) is 11.1 Å². The molecular weight excluding hydrogens is 508 g/mol. The number of allylic oxidation sites excluding steroid dienone is 3. The van der Waals surface area contributed by atoms with Crippen molar-refractivity contribution < 1.29 is 0 Å². The van der Waals surface area contributed by atoms with E-state index in [-0.39, 0.29) is 5.54 Å². The molecule has 10 unspecified atom stereocenters. The minimum Gasteiger partial charge on any atom is -0.311 e. The quantitative estimate of drug-likeness (QED) is 0.320. The van der Waals surface area contributed by atoms with Gasteiger partial charge in [0.15, 0.2) is 0 Å². The lowest BCUT2D eigenvalue weighted by Crippen LogP contribution is -2.66. The van der Waals surface area contributed by atoms with E-state index in [4.69, 9.17) is 0 Å². The first-order valence-electron chi connectivity index (χ1n) is 17.6. The summed E-state index contributed by atoms with van der Waals surface area (Å²) in [5.41, 5.74) is 7.97. The first-order chi connectivity index (χ1) is 20.0. The molecule has 4 fully saturated rings. The second kappa shape index (κ2) is 10.8. The topological polar surface area (TPSA) is 24.1 Å². The van der Waals surface area contributed by atoms with E-state index in [0.29, 0.717) is 28.2 Å². The van der Waals surface area contributed by atoms with E-state index in [1.165, 1.54) is 85.6 Å². The Morgan fingerprint density at radius 1 is 0.881 bits per heavy atom. The molecule has 4 saturated carbocycles. The Labute approximate surface area is 258 Å².